The molecule has 0 radical (unpaired) electrons. The third-order valence-corrected chi connectivity index (χ3v) is 12.9. The van der Waals surface area contributed by atoms with Gasteiger partial charge in [-0.2, -0.15) is 0 Å². The van der Waals surface area contributed by atoms with Crippen LogP contribution in [0.15, 0.2) is 24.4 Å². The molecule has 1 N–H and O–H groups in total. The van der Waals surface area contributed by atoms with Gasteiger partial charge in [-0.05, 0) is 41.6 Å². The van der Waals surface area contributed by atoms with Crippen molar-refractivity contribution in [3.63, 3.8) is 0 Å². The van der Waals surface area contributed by atoms with Crippen molar-refractivity contribution in [1.29, 1.82) is 0 Å². The second-order valence-electron chi connectivity index (χ2n) is 9.21. The molecule has 2 atom stereocenters. The number of carbonyl (C=O) groups is 1. The highest BCUT2D eigenvalue weighted by molar-refractivity contribution is 6.90. The third kappa shape index (κ3) is 5.26. The van der Waals surface area contributed by atoms with E-state index in [0.29, 0.717) is 22.3 Å². The normalized spacial score (nSPS) is 20.6. The monoisotopic (exact) mass is 398 g/mol. The second-order valence-corrected chi connectivity index (χ2v) is 14.8. The third-order valence-electron chi connectivity index (χ3n) is 6.57. The van der Waals surface area contributed by atoms with Gasteiger partial charge in [0.25, 0.3) is 5.91 Å². The predicted molar refractivity (Wildman–Crippen MR) is 121 cm³/mol. The summed E-state index contributed by atoms with van der Waals surface area (Å²) in [5, 5.41) is 3.26. The Balaban J connectivity index is 2.27. The van der Waals surface area contributed by atoms with Gasteiger partial charge in [0.15, 0.2) is 0 Å². The Labute approximate surface area is 173 Å². The molecule has 0 bridgehead atoms. The summed E-state index contributed by atoms with van der Waals surface area (Å²) < 4.78 is 0. The summed E-state index contributed by atoms with van der Waals surface area (Å²) in [6.45, 7) is 14.1. The van der Waals surface area contributed by atoms with Gasteiger partial charge in [0.2, 0.25) is 0 Å². The molecule has 1 amide bonds. The summed E-state index contributed by atoms with van der Waals surface area (Å²) in [5.41, 5.74) is 6.28. The van der Waals surface area contributed by atoms with Crippen molar-refractivity contribution in [3.05, 3.63) is 30.1 Å². The summed E-state index contributed by atoms with van der Waals surface area (Å²) in [6, 6.07) is 5.61. The van der Waals surface area contributed by atoms with E-state index in [1.54, 1.807) is 12.3 Å². The number of nitrogens with zero attached hydrogens (tertiary/aromatic N) is 1. The van der Waals surface area contributed by atoms with Crippen molar-refractivity contribution in [2.45, 2.75) is 96.3 Å². The first-order valence-corrected chi connectivity index (χ1v) is 13.3. The van der Waals surface area contributed by atoms with Crippen molar-refractivity contribution >= 4 is 14.0 Å². The lowest BCUT2D eigenvalue weighted by atomic mass is 9.95. The largest absolute Gasteiger partial charge is 0.347 e. The van der Waals surface area contributed by atoms with Crippen LogP contribution in [0.1, 0.15) is 84.1 Å². The minimum absolute atomic E-state index is 0.0700. The summed E-state index contributed by atoms with van der Waals surface area (Å²) in [5.74, 6) is 3.91. The van der Waals surface area contributed by atoms with Gasteiger partial charge in [-0.25, -0.2) is 0 Å². The highest BCUT2D eigenvalue weighted by atomic mass is 28.3. The molecule has 1 saturated carbocycles. The molecule has 1 aliphatic carbocycles. The van der Waals surface area contributed by atoms with Gasteiger partial charge in [-0.15, -0.1) is 11.5 Å². The molecule has 0 aromatic carbocycles. The molecule has 0 aliphatic heterocycles. The van der Waals surface area contributed by atoms with E-state index in [1.165, 1.54) is 12.8 Å². The van der Waals surface area contributed by atoms with E-state index in [0.717, 1.165) is 19.3 Å². The average molecular weight is 399 g/mol. The molecule has 0 spiro atoms. The highest BCUT2D eigenvalue weighted by Gasteiger charge is 2.42. The van der Waals surface area contributed by atoms with E-state index in [4.69, 9.17) is 0 Å². The van der Waals surface area contributed by atoms with Crippen molar-refractivity contribution in [2.24, 2.45) is 5.92 Å². The fourth-order valence-corrected chi connectivity index (χ4v) is 10.3. The van der Waals surface area contributed by atoms with Crippen LogP contribution in [-0.4, -0.2) is 25.0 Å². The zero-order chi connectivity index (χ0) is 20.7. The fraction of sp³-hybridized carbons (Fsp3) is 0.667. The topological polar surface area (TPSA) is 42.0 Å². The number of aromatic nitrogens is 1. The van der Waals surface area contributed by atoms with Gasteiger partial charge < -0.3 is 5.32 Å². The molecule has 2 unspecified atom stereocenters. The maximum atomic E-state index is 12.7. The maximum Gasteiger partial charge on any atom is 0.270 e. The number of hydrogen-bond donors (Lipinski definition) is 1. The molecular weight excluding hydrogens is 360 g/mol. The first-order chi connectivity index (χ1) is 13.3. The van der Waals surface area contributed by atoms with Gasteiger partial charge in [-0.3, -0.25) is 9.78 Å². The lowest BCUT2D eigenvalue weighted by molar-refractivity contribution is 0.0921. The van der Waals surface area contributed by atoms with Gasteiger partial charge in [0.05, 0.1) is 0 Å². The minimum atomic E-state index is -1.75. The number of hydrogen-bond acceptors (Lipinski definition) is 2. The summed E-state index contributed by atoms with van der Waals surface area (Å²) >= 11 is 0. The highest BCUT2D eigenvalue weighted by Crippen LogP contribution is 2.41. The predicted octanol–water partition coefficient (Wildman–Crippen LogP) is 5.98. The van der Waals surface area contributed by atoms with E-state index in [9.17, 15) is 4.79 Å². The Bertz CT molecular complexity index is 666. The van der Waals surface area contributed by atoms with Gasteiger partial charge in [0, 0.05) is 18.2 Å². The molecule has 2 rings (SSSR count). The Kier molecular flexibility index (Phi) is 8.31. The standard InChI is InChI=1S/C24H38N2OSi/c1-18(2)28(19(3)4,20(5)6)17-15-21-12-8-7-9-13-22(21)26-24(27)23-14-10-11-16-25-23/h10-11,14,16,18-22H,7-9,12-13H2,1-6H3,(H,26,27). The molecule has 154 valence electrons. The van der Waals surface area contributed by atoms with Crippen LogP contribution >= 0.6 is 0 Å². The van der Waals surface area contributed by atoms with Crippen LogP contribution in [0, 0.1) is 17.4 Å². The maximum absolute atomic E-state index is 12.7. The molecule has 1 fully saturated rings. The Morgan fingerprint density at radius 3 is 2.25 bits per heavy atom. The average Bonchev–Trinajstić information content (AvgIpc) is 2.87. The molecule has 1 aromatic rings. The first-order valence-electron chi connectivity index (χ1n) is 11.0. The van der Waals surface area contributed by atoms with Crippen molar-refractivity contribution in [3.8, 4) is 11.5 Å². The van der Waals surface area contributed by atoms with E-state index in [-0.39, 0.29) is 17.9 Å². The summed E-state index contributed by atoms with van der Waals surface area (Å²) in [7, 11) is -1.75. The summed E-state index contributed by atoms with van der Waals surface area (Å²) in [4.78, 5) is 16.9. The Morgan fingerprint density at radius 1 is 1.04 bits per heavy atom. The SMILES string of the molecule is CC(C)[Si](C#CC1CCCCCC1NC(=O)c1ccccn1)(C(C)C)C(C)C. The minimum Gasteiger partial charge on any atom is -0.347 e. The second kappa shape index (κ2) is 10.3. The zero-order valence-corrected chi connectivity index (χ0v) is 19.6. The van der Waals surface area contributed by atoms with Crippen LogP contribution < -0.4 is 5.32 Å². The van der Waals surface area contributed by atoms with E-state index >= 15 is 0 Å². The Hall–Kier alpha value is -1.60. The lowest BCUT2D eigenvalue weighted by Gasteiger charge is -2.38. The van der Waals surface area contributed by atoms with Crippen molar-refractivity contribution in [2.75, 3.05) is 0 Å². The van der Waals surface area contributed by atoms with Crippen LogP contribution in [0.5, 0.6) is 0 Å². The molecule has 1 aromatic heterocycles. The van der Waals surface area contributed by atoms with Gasteiger partial charge >= 0.3 is 0 Å². The smallest absolute Gasteiger partial charge is 0.270 e. The molecule has 1 aliphatic rings. The molecular formula is C24H38N2OSi. The van der Waals surface area contributed by atoms with E-state index in [1.807, 2.05) is 12.1 Å². The quantitative estimate of drug-likeness (QED) is 0.376. The number of rotatable bonds is 5. The number of carbonyl (C=O) groups excluding carboxylic acids is 1. The summed E-state index contributed by atoms with van der Waals surface area (Å²) in [6.07, 6.45) is 7.36. The molecule has 0 saturated heterocycles. The van der Waals surface area contributed by atoms with Crippen molar-refractivity contribution in [1.82, 2.24) is 10.3 Å². The molecule has 1 heterocycles. The number of amides is 1. The van der Waals surface area contributed by atoms with E-state index in [2.05, 4.69) is 63.3 Å². The number of pyridine rings is 1. The number of nitrogens with one attached hydrogen (secondary N) is 1. The van der Waals surface area contributed by atoms with Crippen LogP contribution in [0.25, 0.3) is 0 Å². The zero-order valence-electron chi connectivity index (χ0n) is 18.6. The van der Waals surface area contributed by atoms with Crippen LogP contribution in [0.2, 0.25) is 16.6 Å². The first kappa shape index (κ1) is 22.7. The van der Waals surface area contributed by atoms with Crippen LogP contribution in [0.3, 0.4) is 0 Å². The molecule has 4 heteroatoms. The molecule has 28 heavy (non-hydrogen) atoms. The van der Waals surface area contributed by atoms with Crippen molar-refractivity contribution < 1.29 is 4.79 Å². The van der Waals surface area contributed by atoms with Gasteiger partial charge in [-0.1, -0.05) is 66.9 Å². The van der Waals surface area contributed by atoms with Crippen LogP contribution in [0.4, 0.5) is 0 Å². The fourth-order valence-electron chi connectivity index (χ4n) is 5.04. The Morgan fingerprint density at radius 2 is 1.68 bits per heavy atom. The van der Waals surface area contributed by atoms with Gasteiger partial charge in [0.1, 0.15) is 13.8 Å². The molecule has 3 nitrogen and oxygen atoms in total. The van der Waals surface area contributed by atoms with Crippen LogP contribution in [-0.2, 0) is 0 Å². The lowest BCUT2D eigenvalue weighted by Crippen LogP contribution is -2.44. The van der Waals surface area contributed by atoms with E-state index < -0.39 is 8.07 Å².